The maximum Gasteiger partial charge on any atom is 0.0604 e. The summed E-state index contributed by atoms with van der Waals surface area (Å²) in [6, 6.07) is 12.2. The second-order valence-corrected chi connectivity index (χ2v) is 6.04. The van der Waals surface area contributed by atoms with E-state index in [1.165, 1.54) is 31.5 Å². The predicted molar refractivity (Wildman–Crippen MR) is 81.9 cm³/mol. The van der Waals surface area contributed by atoms with Gasteiger partial charge in [-0.25, -0.2) is 0 Å². The van der Waals surface area contributed by atoms with Gasteiger partial charge in [-0.15, -0.1) is 0 Å². The summed E-state index contributed by atoms with van der Waals surface area (Å²) in [6.07, 6.45) is 4.11. The van der Waals surface area contributed by atoms with E-state index in [4.69, 9.17) is 4.74 Å². The maximum absolute atomic E-state index is 5.68. The Kier molecular flexibility index (Phi) is 4.71. The highest BCUT2D eigenvalue weighted by atomic mass is 16.5. The van der Waals surface area contributed by atoms with E-state index in [9.17, 15) is 0 Å². The summed E-state index contributed by atoms with van der Waals surface area (Å²) in [5, 5.41) is 3.66. The van der Waals surface area contributed by atoms with Gasteiger partial charge in [0.25, 0.3) is 0 Å². The SMILES string of the molecule is CCOC1CC(N2CCNC(Cc3ccccc3)C2)C1. The van der Waals surface area contributed by atoms with Crippen LogP contribution in [0, 0.1) is 0 Å². The number of piperazine rings is 1. The number of ether oxygens (including phenoxy) is 1. The van der Waals surface area contributed by atoms with Crippen molar-refractivity contribution in [3.8, 4) is 0 Å². The Bertz CT molecular complexity index is 403. The van der Waals surface area contributed by atoms with Crippen molar-refractivity contribution in [1.29, 1.82) is 0 Å². The molecule has 1 aromatic rings. The van der Waals surface area contributed by atoms with Gasteiger partial charge in [0, 0.05) is 38.3 Å². The van der Waals surface area contributed by atoms with Gasteiger partial charge in [0.15, 0.2) is 0 Å². The van der Waals surface area contributed by atoms with Crippen LogP contribution in [0.3, 0.4) is 0 Å². The van der Waals surface area contributed by atoms with Gasteiger partial charge in [0.1, 0.15) is 0 Å². The van der Waals surface area contributed by atoms with Crippen molar-refractivity contribution in [2.24, 2.45) is 0 Å². The largest absolute Gasteiger partial charge is 0.378 e. The van der Waals surface area contributed by atoms with Crippen LogP contribution in [-0.4, -0.2) is 49.3 Å². The highest BCUT2D eigenvalue weighted by molar-refractivity contribution is 5.16. The van der Waals surface area contributed by atoms with E-state index in [-0.39, 0.29) is 0 Å². The molecule has 1 heterocycles. The molecule has 20 heavy (non-hydrogen) atoms. The molecule has 1 aromatic carbocycles. The molecule has 2 fully saturated rings. The van der Waals surface area contributed by atoms with Crippen LogP contribution in [0.1, 0.15) is 25.3 Å². The summed E-state index contributed by atoms with van der Waals surface area (Å²) in [7, 11) is 0. The summed E-state index contributed by atoms with van der Waals surface area (Å²) in [5.41, 5.74) is 1.44. The van der Waals surface area contributed by atoms with Crippen LogP contribution >= 0.6 is 0 Å². The van der Waals surface area contributed by atoms with Crippen LogP contribution in [-0.2, 0) is 11.2 Å². The molecule has 0 spiro atoms. The third kappa shape index (κ3) is 3.40. The lowest BCUT2D eigenvalue weighted by atomic mass is 9.86. The van der Waals surface area contributed by atoms with E-state index in [1.807, 2.05) is 0 Å². The fourth-order valence-electron chi connectivity index (χ4n) is 3.43. The van der Waals surface area contributed by atoms with E-state index in [1.54, 1.807) is 0 Å². The maximum atomic E-state index is 5.68. The second-order valence-electron chi connectivity index (χ2n) is 6.04. The molecule has 1 aliphatic carbocycles. The molecule has 1 aliphatic heterocycles. The highest BCUT2D eigenvalue weighted by Gasteiger charge is 2.35. The quantitative estimate of drug-likeness (QED) is 0.889. The van der Waals surface area contributed by atoms with E-state index >= 15 is 0 Å². The number of hydrogen-bond acceptors (Lipinski definition) is 3. The molecular weight excluding hydrogens is 248 g/mol. The summed E-state index contributed by atoms with van der Waals surface area (Å²) in [4.78, 5) is 2.67. The zero-order chi connectivity index (χ0) is 13.8. The topological polar surface area (TPSA) is 24.5 Å². The van der Waals surface area contributed by atoms with Crippen molar-refractivity contribution >= 4 is 0 Å². The number of nitrogens with one attached hydrogen (secondary N) is 1. The molecule has 2 aliphatic rings. The van der Waals surface area contributed by atoms with E-state index < -0.39 is 0 Å². The first-order valence-corrected chi connectivity index (χ1v) is 7.98. The van der Waals surface area contributed by atoms with Crippen LogP contribution in [0.5, 0.6) is 0 Å². The molecule has 3 heteroatoms. The Balaban J connectivity index is 1.48. The summed E-state index contributed by atoms with van der Waals surface area (Å²) in [5.74, 6) is 0. The first-order chi connectivity index (χ1) is 9.85. The fourth-order valence-corrected chi connectivity index (χ4v) is 3.43. The number of rotatable bonds is 5. The molecule has 0 amide bonds. The minimum atomic E-state index is 0.521. The van der Waals surface area contributed by atoms with Gasteiger partial charge in [-0.05, 0) is 31.7 Å². The Morgan fingerprint density at radius 3 is 2.80 bits per heavy atom. The van der Waals surface area contributed by atoms with Crippen molar-refractivity contribution in [1.82, 2.24) is 10.2 Å². The van der Waals surface area contributed by atoms with Crippen molar-refractivity contribution in [2.75, 3.05) is 26.2 Å². The Hall–Kier alpha value is -0.900. The van der Waals surface area contributed by atoms with Crippen molar-refractivity contribution in [3.63, 3.8) is 0 Å². The van der Waals surface area contributed by atoms with Gasteiger partial charge in [0.05, 0.1) is 6.10 Å². The lowest BCUT2D eigenvalue weighted by Gasteiger charge is -2.46. The van der Waals surface area contributed by atoms with E-state index in [0.29, 0.717) is 12.1 Å². The van der Waals surface area contributed by atoms with Crippen LogP contribution in [0.2, 0.25) is 0 Å². The van der Waals surface area contributed by atoms with E-state index in [0.717, 1.165) is 25.6 Å². The molecule has 0 aromatic heterocycles. The van der Waals surface area contributed by atoms with Crippen LogP contribution < -0.4 is 5.32 Å². The van der Waals surface area contributed by atoms with Gasteiger partial charge in [-0.3, -0.25) is 4.90 Å². The molecule has 1 saturated heterocycles. The fraction of sp³-hybridized carbons (Fsp3) is 0.647. The third-order valence-corrected chi connectivity index (χ3v) is 4.60. The molecule has 1 N–H and O–H groups in total. The average Bonchev–Trinajstić information content (AvgIpc) is 2.44. The van der Waals surface area contributed by atoms with Gasteiger partial charge < -0.3 is 10.1 Å². The molecular formula is C17H26N2O. The normalized spacial score (nSPS) is 30.9. The van der Waals surface area contributed by atoms with Gasteiger partial charge in [-0.1, -0.05) is 30.3 Å². The summed E-state index contributed by atoms with van der Waals surface area (Å²) in [6.45, 7) is 6.43. The van der Waals surface area contributed by atoms with Crippen molar-refractivity contribution in [2.45, 2.75) is 44.4 Å². The number of hydrogen-bond donors (Lipinski definition) is 1. The second kappa shape index (κ2) is 6.70. The highest BCUT2D eigenvalue weighted by Crippen LogP contribution is 2.29. The van der Waals surface area contributed by atoms with Crippen molar-refractivity contribution in [3.05, 3.63) is 35.9 Å². The molecule has 110 valence electrons. The number of benzene rings is 1. The van der Waals surface area contributed by atoms with Crippen molar-refractivity contribution < 1.29 is 4.74 Å². The zero-order valence-electron chi connectivity index (χ0n) is 12.4. The predicted octanol–water partition coefficient (Wildman–Crippen LogP) is 2.07. The Morgan fingerprint density at radius 2 is 2.05 bits per heavy atom. The minimum Gasteiger partial charge on any atom is -0.378 e. The zero-order valence-corrected chi connectivity index (χ0v) is 12.4. The smallest absolute Gasteiger partial charge is 0.0604 e. The molecule has 1 atom stereocenters. The monoisotopic (exact) mass is 274 g/mol. The molecule has 0 bridgehead atoms. The number of nitrogens with zero attached hydrogens (tertiary/aromatic N) is 1. The van der Waals surface area contributed by atoms with Crippen LogP contribution in [0.4, 0.5) is 0 Å². The molecule has 1 saturated carbocycles. The lowest BCUT2D eigenvalue weighted by molar-refractivity contribution is -0.0522. The minimum absolute atomic E-state index is 0.521. The molecule has 0 radical (unpaired) electrons. The van der Waals surface area contributed by atoms with Gasteiger partial charge in [-0.2, -0.15) is 0 Å². The van der Waals surface area contributed by atoms with Crippen LogP contribution in [0.15, 0.2) is 30.3 Å². The third-order valence-electron chi connectivity index (χ3n) is 4.60. The van der Waals surface area contributed by atoms with Crippen LogP contribution in [0.25, 0.3) is 0 Å². The van der Waals surface area contributed by atoms with E-state index in [2.05, 4.69) is 47.5 Å². The van der Waals surface area contributed by atoms with Gasteiger partial charge >= 0.3 is 0 Å². The molecule has 1 unspecified atom stereocenters. The van der Waals surface area contributed by atoms with Gasteiger partial charge in [0.2, 0.25) is 0 Å². The lowest BCUT2D eigenvalue weighted by Crippen LogP contribution is -2.58. The standard InChI is InChI=1S/C17H26N2O/c1-2-20-17-11-16(12-17)19-9-8-18-15(13-19)10-14-6-4-3-5-7-14/h3-7,15-18H,2,8-13H2,1H3. The molecule has 3 nitrogen and oxygen atoms in total. The Morgan fingerprint density at radius 1 is 1.25 bits per heavy atom. The first-order valence-electron chi connectivity index (χ1n) is 7.98. The Labute approximate surface area is 122 Å². The summed E-state index contributed by atoms with van der Waals surface area (Å²) >= 11 is 0. The summed E-state index contributed by atoms with van der Waals surface area (Å²) < 4.78 is 5.68. The average molecular weight is 274 g/mol. The molecule has 3 rings (SSSR count). The first kappa shape index (κ1) is 14.1.